The van der Waals surface area contributed by atoms with E-state index in [2.05, 4.69) is 40.1 Å². The molecule has 0 aliphatic carbocycles. The highest BCUT2D eigenvalue weighted by Crippen LogP contribution is 2.32. The van der Waals surface area contributed by atoms with Gasteiger partial charge in [-0.25, -0.2) is 0 Å². The molecule has 17 heavy (non-hydrogen) atoms. The zero-order valence-electron chi connectivity index (χ0n) is 10.1. The molecule has 1 aromatic heterocycles. The number of nitrogens with zero attached hydrogens (tertiary/aromatic N) is 2. The third-order valence-electron chi connectivity index (χ3n) is 2.87. The Morgan fingerprint density at radius 3 is 2.65 bits per heavy atom. The van der Waals surface area contributed by atoms with E-state index in [1.54, 1.807) is 0 Å². The first-order valence-corrected chi connectivity index (χ1v) is 6.43. The lowest BCUT2D eigenvalue weighted by molar-refractivity contribution is 0.604. The smallest absolute Gasteiger partial charge is 0.0675 e. The lowest BCUT2D eigenvalue weighted by Gasteiger charge is -2.06. The number of benzene rings is 1. The molecule has 0 radical (unpaired) electrons. The SMILES string of the molecule is Cc1nn(CCN)c(C)c1-c1ccccc1Br. The number of nitrogens with two attached hydrogens (primary N) is 1. The van der Waals surface area contributed by atoms with Crippen molar-refractivity contribution in [3.05, 3.63) is 40.1 Å². The second kappa shape index (κ2) is 5.02. The standard InChI is InChI=1S/C13H16BrN3/c1-9-13(10(2)17(16-9)8-7-15)11-5-3-4-6-12(11)14/h3-6H,7-8,15H2,1-2H3. The summed E-state index contributed by atoms with van der Waals surface area (Å²) in [5.41, 5.74) is 10.2. The first-order valence-electron chi connectivity index (χ1n) is 5.64. The first-order chi connectivity index (χ1) is 8.15. The van der Waals surface area contributed by atoms with Gasteiger partial charge in [-0.15, -0.1) is 0 Å². The fourth-order valence-electron chi connectivity index (χ4n) is 2.09. The fraction of sp³-hybridized carbons (Fsp3) is 0.308. The van der Waals surface area contributed by atoms with Gasteiger partial charge in [0.05, 0.1) is 12.2 Å². The third kappa shape index (κ3) is 2.28. The Morgan fingerprint density at radius 2 is 2.00 bits per heavy atom. The molecule has 1 heterocycles. The van der Waals surface area contributed by atoms with Gasteiger partial charge in [-0.1, -0.05) is 34.1 Å². The van der Waals surface area contributed by atoms with Crippen LogP contribution in [0.5, 0.6) is 0 Å². The maximum absolute atomic E-state index is 5.59. The number of aromatic nitrogens is 2. The molecule has 0 saturated carbocycles. The van der Waals surface area contributed by atoms with Crippen LogP contribution >= 0.6 is 15.9 Å². The summed E-state index contributed by atoms with van der Waals surface area (Å²) in [5.74, 6) is 0. The minimum atomic E-state index is 0.608. The molecule has 0 spiro atoms. The topological polar surface area (TPSA) is 43.8 Å². The fourth-order valence-corrected chi connectivity index (χ4v) is 2.57. The van der Waals surface area contributed by atoms with E-state index in [0.717, 1.165) is 16.7 Å². The summed E-state index contributed by atoms with van der Waals surface area (Å²) in [7, 11) is 0. The van der Waals surface area contributed by atoms with Crippen LogP contribution in [0.25, 0.3) is 11.1 Å². The normalized spacial score (nSPS) is 10.8. The van der Waals surface area contributed by atoms with Crippen LogP contribution in [0.3, 0.4) is 0 Å². The average molecular weight is 294 g/mol. The van der Waals surface area contributed by atoms with Crippen molar-refractivity contribution in [1.29, 1.82) is 0 Å². The van der Waals surface area contributed by atoms with E-state index in [1.807, 2.05) is 23.7 Å². The zero-order valence-corrected chi connectivity index (χ0v) is 11.7. The van der Waals surface area contributed by atoms with E-state index in [4.69, 9.17) is 5.73 Å². The second-order valence-electron chi connectivity index (χ2n) is 4.04. The molecule has 0 aliphatic heterocycles. The Bertz CT molecular complexity index is 531. The van der Waals surface area contributed by atoms with Crippen molar-refractivity contribution in [2.75, 3.05) is 6.54 Å². The van der Waals surface area contributed by atoms with Crippen molar-refractivity contribution >= 4 is 15.9 Å². The van der Waals surface area contributed by atoms with Gasteiger partial charge < -0.3 is 5.73 Å². The molecule has 90 valence electrons. The Labute approximate surface area is 110 Å². The van der Waals surface area contributed by atoms with Gasteiger partial charge in [0.25, 0.3) is 0 Å². The van der Waals surface area contributed by atoms with Crippen LogP contribution in [0.1, 0.15) is 11.4 Å². The molecule has 0 bridgehead atoms. The lowest BCUT2D eigenvalue weighted by Crippen LogP contribution is -2.12. The van der Waals surface area contributed by atoms with Crippen LogP contribution in [-0.4, -0.2) is 16.3 Å². The molecule has 0 fully saturated rings. The summed E-state index contributed by atoms with van der Waals surface area (Å²) in [5, 5.41) is 4.53. The minimum Gasteiger partial charge on any atom is -0.329 e. The predicted octanol–water partition coefficient (Wildman–Crippen LogP) is 2.89. The van der Waals surface area contributed by atoms with Crippen LogP contribution in [0, 0.1) is 13.8 Å². The molecule has 2 N–H and O–H groups in total. The Kier molecular flexibility index (Phi) is 3.64. The summed E-state index contributed by atoms with van der Waals surface area (Å²) >= 11 is 3.59. The molecule has 0 atom stereocenters. The lowest BCUT2D eigenvalue weighted by atomic mass is 10.0. The third-order valence-corrected chi connectivity index (χ3v) is 3.56. The average Bonchev–Trinajstić information content (AvgIpc) is 2.57. The van der Waals surface area contributed by atoms with Gasteiger partial charge in [0.15, 0.2) is 0 Å². The molecule has 2 rings (SSSR count). The van der Waals surface area contributed by atoms with Crippen LogP contribution in [0.2, 0.25) is 0 Å². The van der Waals surface area contributed by atoms with Crippen molar-refractivity contribution in [3.8, 4) is 11.1 Å². The number of hydrogen-bond donors (Lipinski definition) is 1. The first kappa shape index (κ1) is 12.3. The molecule has 0 amide bonds. The van der Waals surface area contributed by atoms with Gasteiger partial charge in [-0.05, 0) is 25.5 Å². The van der Waals surface area contributed by atoms with Crippen LogP contribution in [0.15, 0.2) is 28.7 Å². The summed E-state index contributed by atoms with van der Waals surface area (Å²) < 4.78 is 3.07. The van der Waals surface area contributed by atoms with Gasteiger partial charge >= 0.3 is 0 Å². The van der Waals surface area contributed by atoms with Crippen LogP contribution in [0.4, 0.5) is 0 Å². The van der Waals surface area contributed by atoms with Crippen LogP contribution < -0.4 is 5.73 Å². The second-order valence-corrected chi connectivity index (χ2v) is 4.89. The van der Waals surface area contributed by atoms with Gasteiger partial charge in [0, 0.05) is 22.3 Å². The molecule has 3 nitrogen and oxygen atoms in total. The molecule has 0 aliphatic rings. The number of aryl methyl sites for hydroxylation is 1. The summed E-state index contributed by atoms with van der Waals surface area (Å²) in [6, 6.07) is 8.21. The summed E-state index contributed by atoms with van der Waals surface area (Å²) in [4.78, 5) is 0. The number of hydrogen-bond acceptors (Lipinski definition) is 2. The predicted molar refractivity (Wildman–Crippen MR) is 73.9 cm³/mol. The molecule has 0 saturated heterocycles. The van der Waals surface area contributed by atoms with E-state index in [9.17, 15) is 0 Å². The van der Waals surface area contributed by atoms with Crippen molar-refractivity contribution < 1.29 is 0 Å². The van der Waals surface area contributed by atoms with E-state index in [1.165, 1.54) is 16.8 Å². The zero-order chi connectivity index (χ0) is 12.4. The van der Waals surface area contributed by atoms with Gasteiger partial charge in [0.2, 0.25) is 0 Å². The highest BCUT2D eigenvalue weighted by atomic mass is 79.9. The van der Waals surface area contributed by atoms with Gasteiger partial charge in [0.1, 0.15) is 0 Å². The molecular formula is C13H16BrN3. The molecular weight excluding hydrogens is 278 g/mol. The van der Waals surface area contributed by atoms with E-state index in [0.29, 0.717) is 6.54 Å². The van der Waals surface area contributed by atoms with Crippen molar-refractivity contribution in [1.82, 2.24) is 9.78 Å². The molecule has 0 unspecified atom stereocenters. The molecule has 2 aromatic rings. The van der Waals surface area contributed by atoms with E-state index < -0.39 is 0 Å². The van der Waals surface area contributed by atoms with E-state index in [-0.39, 0.29) is 0 Å². The monoisotopic (exact) mass is 293 g/mol. The summed E-state index contributed by atoms with van der Waals surface area (Å²) in [6.07, 6.45) is 0. The van der Waals surface area contributed by atoms with Crippen molar-refractivity contribution in [3.63, 3.8) is 0 Å². The van der Waals surface area contributed by atoms with Crippen molar-refractivity contribution in [2.24, 2.45) is 5.73 Å². The molecule has 1 aromatic carbocycles. The Morgan fingerprint density at radius 1 is 1.29 bits per heavy atom. The van der Waals surface area contributed by atoms with Crippen molar-refractivity contribution in [2.45, 2.75) is 20.4 Å². The Balaban J connectivity index is 2.56. The Hall–Kier alpha value is -1.13. The largest absolute Gasteiger partial charge is 0.329 e. The van der Waals surface area contributed by atoms with Gasteiger partial charge in [-0.2, -0.15) is 5.10 Å². The highest BCUT2D eigenvalue weighted by Gasteiger charge is 2.14. The van der Waals surface area contributed by atoms with E-state index >= 15 is 0 Å². The molecule has 4 heteroatoms. The maximum atomic E-state index is 5.59. The number of rotatable bonds is 3. The minimum absolute atomic E-state index is 0.608. The maximum Gasteiger partial charge on any atom is 0.0675 e. The number of halogens is 1. The van der Waals surface area contributed by atoms with Crippen LogP contribution in [-0.2, 0) is 6.54 Å². The highest BCUT2D eigenvalue weighted by molar-refractivity contribution is 9.10. The summed E-state index contributed by atoms with van der Waals surface area (Å²) in [6.45, 7) is 5.49. The van der Waals surface area contributed by atoms with Gasteiger partial charge in [-0.3, -0.25) is 4.68 Å². The quantitative estimate of drug-likeness (QED) is 0.946.